The molecule has 2 aromatic heterocycles. The molecule has 3 rings (SSSR count). The molecule has 17 heavy (non-hydrogen) atoms. The van der Waals surface area contributed by atoms with Gasteiger partial charge in [-0.1, -0.05) is 0 Å². The van der Waals surface area contributed by atoms with Crippen LogP contribution >= 0.6 is 11.3 Å². The summed E-state index contributed by atoms with van der Waals surface area (Å²) in [7, 11) is 0. The molecule has 5 N–H and O–H groups in total. The molecular weight excluding hydrogens is 238 g/mol. The first kappa shape index (κ1) is 10.1. The molecule has 7 heteroatoms. The normalized spacial score (nSPS) is 10.9. The summed E-state index contributed by atoms with van der Waals surface area (Å²) in [5, 5.41) is 2.68. The Morgan fingerprint density at radius 3 is 2.88 bits per heavy atom. The first-order chi connectivity index (χ1) is 8.26. The maximum atomic E-state index is 11.1. The third-order valence-corrected chi connectivity index (χ3v) is 3.31. The molecule has 0 spiro atoms. The largest absolute Gasteiger partial charge is 0.323 e. The number of fused-ring (bicyclic) bond motifs is 1. The number of nitrogen functional groups attached to an aromatic ring is 1. The maximum Gasteiger partial charge on any atom is 0.323 e. The van der Waals surface area contributed by atoms with Gasteiger partial charge in [-0.05, 0) is 18.2 Å². The van der Waals surface area contributed by atoms with E-state index in [1.165, 1.54) is 11.3 Å². The lowest BCUT2D eigenvalue weighted by molar-refractivity contribution is 1.21. The van der Waals surface area contributed by atoms with E-state index in [-0.39, 0.29) is 5.69 Å². The molecule has 0 bridgehead atoms. The van der Waals surface area contributed by atoms with E-state index >= 15 is 0 Å². The van der Waals surface area contributed by atoms with Gasteiger partial charge in [0, 0.05) is 10.9 Å². The van der Waals surface area contributed by atoms with Crippen LogP contribution in [0, 0.1) is 0 Å². The van der Waals surface area contributed by atoms with Gasteiger partial charge in [0.25, 0.3) is 0 Å². The number of hydrogen-bond acceptors (Lipinski definition) is 5. The Hall–Kier alpha value is -2.12. The van der Waals surface area contributed by atoms with Crippen LogP contribution in [0.1, 0.15) is 0 Å². The topological polar surface area (TPSA) is 99.6 Å². The van der Waals surface area contributed by atoms with Gasteiger partial charge in [-0.25, -0.2) is 15.6 Å². The zero-order valence-electron chi connectivity index (χ0n) is 8.65. The minimum Gasteiger partial charge on any atom is -0.308 e. The Labute approximate surface area is 99.5 Å². The van der Waals surface area contributed by atoms with Gasteiger partial charge in [-0.3, -0.25) is 0 Å². The van der Waals surface area contributed by atoms with Gasteiger partial charge in [0.15, 0.2) is 5.82 Å². The molecule has 0 atom stereocenters. The fraction of sp³-hybridized carbons (Fsp3) is 0. The van der Waals surface area contributed by atoms with Crippen molar-refractivity contribution in [1.29, 1.82) is 0 Å². The zero-order valence-corrected chi connectivity index (χ0v) is 9.47. The third kappa shape index (κ3) is 1.71. The van der Waals surface area contributed by atoms with E-state index in [0.29, 0.717) is 5.82 Å². The predicted molar refractivity (Wildman–Crippen MR) is 67.8 cm³/mol. The van der Waals surface area contributed by atoms with Crippen LogP contribution in [-0.4, -0.2) is 15.0 Å². The van der Waals surface area contributed by atoms with Gasteiger partial charge in [0.2, 0.25) is 0 Å². The zero-order chi connectivity index (χ0) is 11.8. The van der Waals surface area contributed by atoms with Gasteiger partial charge < -0.3 is 15.4 Å². The number of benzene rings is 1. The Morgan fingerprint density at radius 1 is 1.29 bits per heavy atom. The molecule has 0 aliphatic carbocycles. The number of imidazole rings is 1. The number of nitrogens with one attached hydrogen (secondary N) is 3. The summed E-state index contributed by atoms with van der Waals surface area (Å²) >= 11 is 1.49. The number of nitrogens with zero attached hydrogens (tertiary/aromatic N) is 1. The summed E-state index contributed by atoms with van der Waals surface area (Å²) in [6, 6.07) is 5.64. The van der Waals surface area contributed by atoms with Crippen LogP contribution in [0.15, 0.2) is 28.4 Å². The first-order valence-corrected chi connectivity index (χ1v) is 5.79. The molecule has 86 valence electrons. The van der Waals surface area contributed by atoms with Crippen LogP contribution in [-0.2, 0) is 0 Å². The lowest BCUT2D eigenvalue weighted by Gasteiger charge is -1.96. The smallest absolute Gasteiger partial charge is 0.308 e. The molecule has 0 aliphatic rings. The van der Waals surface area contributed by atoms with E-state index in [9.17, 15) is 4.79 Å². The first-order valence-electron chi connectivity index (χ1n) is 4.91. The molecule has 0 saturated heterocycles. The Morgan fingerprint density at radius 2 is 2.12 bits per heavy atom. The molecule has 6 nitrogen and oxygen atoms in total. The SMILES string of the molecule is NNc1csc(-c2ccc3[nH]c(=O)[nH]c3c2)n1. The lowest BCUT2D eigenvalue weighted by Crippen LogP contribution is -2.06. The summed E-state index contributed by atoms with van der Waals surface area (Å²) in [5.74, 6) is 5.91. The monoisotopic (exact) mass is 247 g/mol. The predicted octanol–water partition coefficient (Wildman–Crippen LogP) is 1.27. The highest BCUT2D eigenvalue weighted by Gasteiger charge is 2.06. The number of nitrogens with two attached hydrogens (primary N) is 1. The van der Waals surface area contributed by atoms with Crippen LogP contribution in [0.4, 0.5) is 5.82 Å². The highest BCUT2D eigenvalue weighted by atomic mass is 32.1. The number of aromatic nitrogens is 3. The van der Waals surface area contributed by atoms with E-state index in [1.54, 1.807) is 0 Å². The highest BCUT2D eigenvalue weighted by molar-refractivity contribution is 7.13. The van der Waals surface area contributed by atoms with Crippen molar-refractivity contribution in [1.82, 2.24) is 15.0 Å². The summed E-state index contributed by atoms with van der Waals surface area (Å²) in [5.41, 5.74) is 4.78. The van der Waals surface area contributed by atoms with Gasteiger partial charge >= 0.3 is 5.69 Å². The standard InChI is InChI=1S/C10H9N5OS/c11-15-8-4-17-9(14-8)5-1-2-6-7(3-5)13-10(16)12-6/h1-4,15H,11H2,(H2,12,13,16). The molecule has 1 aromatic carbocycles. The fourth-order valence-electron chi connectivity index (χ4n) is 1.64. The Bertz CT molecular complexity index is 725. The van der Waals surface area contributed by atoms with Crippen LogP contribution in [0.2, 0.25) is 0 Å². The minimum absolute atomic E-state index is 0.208. The Balaban J connectivity index is 2.13. The molecule has 0 aliphatic heterocycles. The lowest BCUT2D eigenvalue weighted by atomic mass is 10.2. The van der Waals surface area contributed by atoms with Crippen molar-refractivity contribution in [3.8, 4) is 10.6 Å². The summed E-state index contributed by atoms with van der Waals surface area (Å²) < 4.78 is 0. The number of H-pyrrole nitrogens is 2. The van der Waals surface area contributed by atoms with E-state index < -0.39 is 0 Å². The average Bonchev–Trinajstić information content (AvgIpc) is 2.92. The van der Waals surface area contributed by atoms with Crippen LogP contribution in [0.25, 0.3) is 21.6 Å². The number of aromatic amines is 2. The molecule has 0 fully saturated rings. The number of hydrazine groups is 1. The van der Waals surface area contributed by atoms with Gasteiger partial charge in [0.05, 0.1) is 11.0 Å². The third-order valence-electron chi connectivity index (χ3n) is 2.41. The second kappa shape index (κ2) is 3.72. The molecule has 3 aromatic rings. The Kier molecular flexibility index (Phi) is 2.20. The van der Waals surface area contributed by atoms with Crippen molar-refractivity contribution in [2.75, 3.05) is 5.43 Å². The minimum atomic E-state index is -0.208. The molecular formula is C10H9N5OS. The number of anilines is 1. The van der Waals surface area contributed by atoms with Gasteiger partial charge in [-0.2, -0.15) is 0 Å². The molecule has 0 amide bonds. The summed E-state index contributed by atoms with van der Waals surface area (Å²) in [4.78, 5) is 20.8. The number of rotatable bonds is 2. The van der Waals surface area contributed by atoms with Gasteiger partial charge in [-0.15, -0.1) is 11.3 Å². The van der Waals surface area contributed by atoms with E-state index in [4.69, 9.17) is 5.84 Å². The van der Waals surface area contributed by atoms with Crippen molar-refractivity contribution in [3.63, 3.8) is 0 Å². The summed E-state index contributed by atoms with van der Waals surface area (Å²) in [6.07, 6.45) is 0. The second-order valence-electron chi connectivity index (χ2n) is 3.52. The van der Waals surface area contributed by atoms with Crippen molar-refractivity contribution in [3.05, 3.63) is 34.1 Å². The molecule has 0 unspecified atom stereocenters. The number of hydrogen-bond donors (Lipinski definition) is 4. The quantitative estimate of drug-likeness (QED) is 0.404. The second-order valence-corrected chi connectivity index (χ2v) is 4.38. The maximum absolute atomic E-state index is 11.1. The molecule has 0 saturated carbocycles. The van der Waals surface area contributed by atoms with Gasteiger partial charge in [0.1, 0.15) is 5.01 Å². The molecule has 0 radical (unpaired) electrons. The van der Waals surface area contributed by atoms with E-state index in [1.807, 2.05) is 23.6 Å². The average molecular weight is 247 g/mol. The summed E-state index contributed by atoms with van der Waals surface area (Å²) in [6.45, 7) is 0. The molecule has 2 heterocycles. The van der Waals surface area contributed by atoms with Crippen molar-refractivity contribution >= 4 is 28.2 Å². The van der Waals surface area contributed by atoms with Crippen molar-refractivity contribution < 1.29 is 0 Å². The van der Waals surface area contributed by atoms with E-state index in [2.05, 4.69) is 20.4 Å². The van der Waals surface area contributed by atoms with Crippen LogP contribution in [0.3, 0.4) is 0 Å². The van der Waals surface area contributed by atoms with E-state index in [0.717, 1.165) is 21.6 Å². The van der Waals surface area contributed by atoms with Crippen LogP contribution in [0.5, 0.6) is 0 Å². The van der Waals surface area contributed by atoms with Crippen molar-refractivity contribution in [2.45, 2.75) is 0 Å². The highest BCUT2D eigenvalue weighted by Crippen LogP contribution is 2.27. The number of thiazole rings is 1. The van der Waals surface area contributed by atoms with Crippen LogP contribution < -0.4 is 17.0 Å². The fourth-order valence-corrected chi connectivity index (χ4v) is 2.40. The van der Waals surface area contributed by atoms with Crippen molar-refractivity contribution in [2.24, 2.45) is 5.84 Å².